The average Bonchev–Trinajstić information content (AvgIpc) is 2.39. The average molecular weight is 292 g/mol. The van der Waals surface area contributed by atoms with Crippen molar-refractivity contribution in [3.8, 4) is 0 Å². The van der Waals surface area contributed by atoms with Gasteiger partial charge in [-0.25, -0.2) is 9.97 Å². The summed E-state index contributed by atoms with van der Waals surface area (Å²) in [6.07, 6.45) is -1.22. The normalized spacial score (nSPS) is 17.8. The first-order valence-corrected chi connectivity index (χ1v) is 7.26. The van der Waals surface area contributed by atoms with Crippen molar-refractivity contribution in [2.45, 2.75) is 6.18 Å². The van der Waals surface area contributed by atoms with E-state index in [9.17, 15) is 13.2 Å². The zero-order chi connectivity index (χ0) is 13.9. The number of thioether (sulfide) groups is 1. The van der Waals surface area contributed by atoms with Gasteiger partial charge in [-0.15, -0.1) is 11.8 Å². The summed E-state index contributed by atoms with van der Waals surface area (Å²) < 4.78 is 37.7. The van der Waals surface area contributed by atoms with Gasteiger partial charge in [0.1, 0.15) is 5.69 Å². The predicted octanol–water partition coefficient (Wildman–Crippen LogP) is 1.94. The standard InChI is InChI=1S/C11H15F3N4S/c1-19-8-17-4-6-18(7-5-17)10-15-3-2-9(16-10)11(12,13)14/h2-3H,4-8H2,1H3. The molecule has 0 bridgehead atoms. The second-order valence-electron chi connectivity index (χ2n) is 4.26. The second-order valence-corrected chi connectivity index (χ2v) is 5.10. The Kier molecular flexibility index (Phi) is 4.51. The van der Waals surface area contributed by atoms with Crippen LogP contribution in [0.3, 0.4) is 0 Å². The molecule has 1 aromatic heterocycles. The molecule has 0 atom stereocenters. The molecule has 4 nitrogen and oxygen atoms in total. The van der Waals surface area contributed by atoms with Crippen molar-refractivity contribution in [2.24, 2.45) is 0 Å². The maximum Gasteiger partial charge on any atom is 0.433 e. The van der Waals surface area contributed by atoms with Gasteiger partial charge >= 0.3 is 6.18 Å². The number of alkyl halides is 3. The third-order valence-corrected chi connectivity index (χ3v) is 3.52. The summed E-state index contributed by atoms with van der Waals surface area (Å²) in [4.78, 5) is 11.6. The lowest BCUT2D eigenvalue weighted by Crippen LogP contribution is -2.46. The van der Waals surface area contributed by atoms with Crippen molar-refractivity contribution in [3.05, 3.63) is 18.0 Å². The molecule has 0 radical (unpaired) electrons. The zero-order valence-electron chi connectivity index (χ0n) is 10.5. The van der Waals surface area contributed by atoms with Crippen LogP contribution >= 0.6 is 11.8 Å². The van der Waals surface area contributed by atoms with Crippen LogP contribution in [0.2, 0.25) is 0 Å². The highest BCUT2D eigenvalue weighted by molar-refractivity contribution is 7.98. The smallest absolute Gasteiger partial charge is 0.338 e. The van der Waals surface area contributed by atoms with Crippen molar-refractivity contribution in [2.75, 3.05) is 43.2 Å². The number of aromatic nitrogens is 2. The van der Waals surface area contributed by atoms with Crippen molar-refractivity contribution >= 4 is 17.7 Å². The van der Waals surface area contributed by atoms with Crippen molar-refractivity contribution in [1.82, 2.24) is 14.9 Å². The molecule has 0 aliphatic carbocycles. The lowest BCUT2D eigenvalue weighted by Gasteiger charge is -2.34. The van der Waals surface area contributed by atoms with E-state index in [-0.39, 0.29) is 5.95 Å². The molecule has 2 rings (SSSR count). The topological polar surface area (TPSA) is 32.3 Å². The lowest BCUT2D eigenvalue weighted by molar-refractivity contribution is -0.141. The van der Waals surface area contributed by atoms with Gasteiger partial charge in [0, 0.05) is 38.3 Å². The van der Waals surface area contributed by atoms with E-state index in [1.807, 2.05) is 6.26 Å². The lowest BCUT2D eigenvalue weighted by atomic mass is 10.3. The molecule has 0 aromatic carbocycles. The second kappa shape index (κ2) is 5.96. The molecule has 0 N–H and O–H groups in total. The van der Waals surface area contributed by atoms with E-state index >= 15 is 0 Å². The van der Waals surface area contributed by atoms with Crippen LogP contribution in [0.5, 0.6) is 0 Å². The van der Waals surface area contributed by atoms with Crippen LogP contribution in [-0.2, 0) is 6.18 Å². The van der Waals surface area contributed by atoms with Gasteiger partial charge in [-0.1, -0.05) is 0 Å². The number of hydrogen-bond acceptors (Lipinski definition) is 5. The van der Waals surface area contributed by atoms with Crippen LogP contribution in [0, 0.1) is 0 Å². The summed E-state index contributed by atoms with van der Waals surface area (Å²) in [7, 11) is 0. The van der Waals surface area contributed by atoms with E-state index in [0.717, 1.165) is 25.0 Å². The fraction of sp³-hybridized carbons (Fsp3) is 0.636. The highest BCUT2D eigenvalue weighted by Crippen LogP contribution is 2.28. The first kappa shape index (κ1) is 14.4. The Balaban J connectivity index is 2.03. The first-order valence-electron chi connectivity index (χ1n) is 5.87. The van der Waals surface area contributed by atoms with Crippen LogP contribution in [0.15, 0.2) is 12.3 Å². The molecule has 19 heavy (non-hydrogen) atoms. The highest BCUT2D eigenvalue weighted by atomic mass is 32.2. The molecule has 0 spiro atoms. The van der Waals surface area contributed by atoms with Gasteiger partial charge < -0.3 is 4.90 Å². The van der Waals surface area contributed by atoms with E-state index in [1.165, 1.54) is 6.20 Å². The summed E-state index contributed by atoms with van der Waals surface area (Å²) in [6.45, 7) is 2.95. The molecule has 1 aliphatic rings. The third kappa shape index (κ3) is 3.73. The molecule has 106 valence electrons. The number of hydrogen-bond donors (Lipinski definition) is 0. The monoisotopic (exact) mass is 292 g/mol. The molecule has 1 aliphatic heterocycles. The van der Waals surface area contributed by atoms with E-state index in [2.05, 4.69) is 14.9 Å². The maximum atomic E-state index is 12.6. The maximum absolute atomic E-state index is 12.6. The Labute approximate surface area is 114 Å². The molecule has 0 saturated carbocycles. The Bertz CT molecular complexity index is 419. The molecule has 1 saturated heterocycles. The Morgan fingerprint density at radius 2 is 1.95 bits per heavy atom. The van der Waals surface area contributed by atoms with Crippen molar-refractivity contribution in [1.29, 1.82) is 0 Å². The molecule has 1 aromatic rings. The number of anilines is 1. The van der Waals surface area contributed by atoms with E-state index in [0.29, 0.717) is 13.1 Å². The Morgan fingerprint density at radius 3 is 2.53 bits per heavy atom. The minimum Gasteiger partial charge on any atom is -0.338 e. The predicted molar refractivity (Wildman–Crippen MR) is 69.2 cm³/mol. The number of nitrogens with zero attached hydrogens (tertiary/aromatic N) is 4. The van der Waals surface area contributed by atoms with Crippen LogP contribution in [0.1, 0.15) is 5.69 Å². The molecule has 8 heteroatoms. The zero-order valence-corrected chi connectivity index (χ0v) is 11.3. The largest absolute Gasteiger partial charge is 0.433 e. The van der Waals surface area contributed by atoms with Gasteiger partial charge in [0.15, 0.2) is 0 Å². The first-order chi connectivity index (χ1) is 9.00. The van der Waals surface area contributed by atoms with Crippen LogP contribution in [0.25, 0.3) is 0 Å². The minimum atomic E-state index is -4.42. The van der Waals surface area contributed by atoms with Crippen molar-refractivity contribution in [3.63, 3.8) is 0 Å². The van der Waals surface area contributed by atoms with Gasteiger partial charge in [-0.2, -0.15) is 13.2 Å². The summed E-state index contributed by atoms with van der Waals surface area (Å²) in [6, 6.07) is 0.896. The van der Waals surface area contributed by atoms with Crippen LogP contribution in [0.4, 0.5) is 19.1 Å². The molecular formula is C11H15F3N4S. The Morgan fingerprint density at radius 1 is 1.26 bits per heavy atom. The van der Waals surface area contributed by atoms with E-state index in [1.54, 1.807) is 16.7 Å². The minimum absolute atomic E-state index is 0.165. The molecular weight excluding hydrogens is 277 g/mol. The summed E-state index contributed by atoms with van der Waals surface area (Å²) >= 11 is 1.74. The number of rotatable bonds is 3. The van der Waals surface area contributed by atoms with Gasteiger partial charge in [-0.3, -0.25) is 4.90 Å². The fourth-order valence-corrected chi connectivity index (χ4v) is 2.54. The number of piperazine rings is 1. The van der Waals surface area contributed by atoms with E-state index in [4.69, 9.17) is 0 Å². The quantitative estimate of drug-likeness (QED) is 0.850. The van der Waals surface area contributed by atoms with E-state index < -0.39 is 11.9 Å². The molecule has 1 fully saturated rings. The number of halogens is 3. The molecule has 2 heterocycles. The van der Waals surface area contributed by atoms with Crippen LogP contribution < -0.4 is 4.90 Å². The molecule has 0 amide bonds. The van der Waals surface area contributed by atoms with Crippen molar-refractivity contribution < 1.29 is 13.2 Å². The summed E-state index contributed by atoms with van der Waals surface area (Å²) in [5, 5.41) is 0. The third-order valence-electron chi connectivity index (χ3n) is 2.90. The fourth-order valence-electron chi connectivity index (χ4n) is 1.92. The highest BCUT2D eigenvalue weighted by Gasteiger charge is 2.33. The van der Waals surface area contributed by atoms with Gasteiger partial charge in [0.2, 0.25) is 5.95 Å². The SMILES string of the molecule is CSCN1CCN(c2nccc(C(F)(F)F)n2)CC1. The van der Waals surface area contributed by atoms with Gasteiger partial charge in [0.25, 0.3) is 0 Å². The summed E-state index contributed by atoms with van der Waals surface area (Å²) in [5.74, 6) is 1.11. The van der Waals surface area contributed by atoms with Gasteiger partial charge in [-0.05, 0) is 12.3 Å². The van der Waals surface area contributed by atoms with Gasteiger partial charge in [0.05, 0.1) is 0 Å². The van der Waals surface area contributed by atoms with Crippen LogP contribution in [-0.4, -0.2) is 53.2 Å². The molecule has 0 unspecified atom stereocenters. The Hall–Kier alpha value is -1.02. The summed E-state index contributed by atoms with van der Waals surface area (Å²) in [5.41, 5.74) is -0.885.